The molecular weight excluding hydrogens is 167 g/mol. The number of halogens is 1. The lowest BCUT2D eigenvalue weighted by molar-refractivity contribution is 0.625. The van der Waals surface area contributed by atoms with E-state index in [0.29, 0.717) is 11.4 Å². The zero-order valence-corrected chi connectivity index (χ0v) is 6.81. The van der Waals surface area contributed by atoms with Crippen LogP contribution in [0, 0.1) is 5.82 Å². The Morgan fingerprint density at radius 2 is 1.77 bits per heavy atom. The molecule has 2 rings (SSSR count). The highest BCUT2D eigenvalue weighted by molar-refractivity contribution is 5.53. The van der Waals surface area contributed by atoms with E-state index in [1.165, 1.54) is 6.07 Å². The fourth-order valence-corrected chi connectivity index (χ4v) is 1.08. The Balaban J connectivity index is 2.54. The van der Waals surface area contributed by atoms with Crippen LogP contribution in [0.4, 0.5) is 4.39 Å². The van der Waals surface area contributed by atoms with Crippen LogP contribution in [0.15, 0.2) is 42.7 Å². The average Bonchev–Trinajstić information content (AvgIpc) is 2.20. The van der Waals surface area contributed by atoms with Crippen LogP contribution in [-0.4, -0.2) is 9.97 Å². The maximum atomic E-state index is 13.2. The SMILES string of the molecule is Fc1cccnc1-c1ccccn1. The van der Waals surface area contributed by atoms with E-state index >= 15 is 0 Å². The Labute approximate surface area is 75.1 Å². The lowest BCUT2D eigenvalue weighted by atomic mass is 10.2. The molecule has 0 aliphatic rings. The van der Waals surface area contributed by atoms with Crippen LogP contribution < -0.4 is 0 Å². The molecule has 0 radical (unpaired) electrons. The monoisotopic (exact) mass is 174 g/mol. The van der Waals surface area contributed by atoms with Gasteiger partial charge in [-0.15, -0.1) is 0 Å². The molecule has 0 saturated carbocycles. The van der Waals surface area contributed by atoms with Gasteiger partial charge in [0.1, 0.15) is 5.69 Å². The molecule has 13 heavy (non-hydrogen) atoms. The van der Waals surface area contributed by atoms with Gasteiger partial charge in [-0.25, -0.2) is 4.39 Å². The standard InChI is InChI=1S/C10H7FN2/c11-8-4-3-7-13-10(8)9-5-1-2-6-12-9/h1-7H. The molecule has 0 aromatic carbocycles. The minimum Gasteiger partial charge on any atom is -0.255 e. The number of rotatable bonds is 1. The van der Waals surface area contributed by atoms with Crippen LogP contribution in [0.25, 0.3) is 11.4 Å². The van der Waals surface area contributed by atoms with E-state index in [0.717, 1.165) is 0 Å². The van der Waals surface area contributed by atoms with E-state index in [1.54, 1.807) is 36.7 Å². The van der Waals surface area contributed by atoms with Crippen molar-refractivity contribution in [3.8, 4) is 11.4 Å². The zero-order chi connectivity index (χ0) is 9.10. The highest BCUT2D eigenvalue weighted by Gasteiger charge is 2.04. The largest absolute Gasteiger partial charge is 0.255 e. The summed E-state index contributed by atoms with van der Waals surface area (Å²) in [5.74, 6) is -0.346. The number of aromatic nitrogens is 2. The number of pyridine rings is 2. The fraction of sp³-hybridized carbons (Fsp3) is 0. The Kier molecular flexibility index (Phi) is 2.00. The molecule has 0 N–H and O–H groups in total. The summed E-state index contributed by atoms with van der Waals surface area (Å²) in [6, 6.07) is 8.24. The predicted octanol–water partition coefficient (Wildman–Crippen LogP) is 2.28. The molecular formula is C10H7FN2. The second kappa shape index (κ2) is 3.31. The van der Waals surface area contributed by atoms with Crippen molar-refractivity contribution in [2.45, 2.75) is 0 Å². The van der Waals surface area contributed by atoms with Crippen molar-refractivity contribution in [2.75, 3.05) is 0 Å². The number of hydrogen-bond acceptors (Lipinski definition) is 2. The summed E-state index contributed by atoms with van der Waals surface area (Å²) in [5.41, 5.74) is 0.851. The second-order valence-electron chi connectivity index (χ2n) is 2.55. The van der Waals surface area contributed by atoms with E-state index in [4.69, 9.17) is 0 Å². The first-order valence-corrected chi connectivity index (χ1v) is 3.90. The van der Waals surface area contributed by atoms with Gasteiger partial charge in [-0.1, -0.05) is 6.07 Å². The molecule has 0 saturated heterocycles. The summed E-state index contributed by atoms with van der Waals surface area (Å²) in [7, 11) is 0. The molecule has 3 heteroatoms. The van der Waals surface area contributed by atoms with Gasteiger partial charge < -0.3 is 0 Å². The third-order valence-electron chi connectivity index (χ3n) is 1.67. The van der Waals surface area contributed by atoms with Crippen molar-refractivity contribution in [3.05, 3.63) is 48.5 Å². The zero-order valence-electron chi connectivity index (χ0n) is 6.81. The molecule has 64 valence electrons. The van der Waals surface area contributed by atoms with Crippen molar-refractivity contribution < 1.29 is 4.39 Å². The summed E-state index contributed by atoms with van der Waals surface area (Å²) in [4.78, 5) is 7.92. The lowest BCUT2D eigenvalue weighted by Crippen LogP contribution is -1.89. The van der Waals surface area contributed by atoms with Crippen molar-refractivity contribution in [1.29, 1.82) is 0 Å². The molecule has 0 aliphatic heterocycles. The molecule has 0 fully saturated rings. The van der Waals surface area contributed by atoms with Crippen LogP contribution in [-0.2, 0) is 0 Å². The molecule has 2 aromatic heterocycles. The van der Waals surface area contributed by atoms with Crippen LogP contribution in [0.5, 0.6) is 0 Å². The van der Waals surface area contributed by atoms with Crippen molar-refractivity contribution in [2.24, 2.45) is 0 Å². The van der Waals surface area contributed by atoms with Gasteiger partial charge in [0.2, 0.25) is 0 Å². The Bertz CT molecular complexity index is 401. The molecule has 2 nitrogen and oxygen atoms in total. The third kappa shape index (κ3) is 1.54. The van der Waals surface area contributed by atoms with Gasteiger partial charge in [-0.3, -0.25) is 9.97 Å². The predicted molar refractivity (Wildman–Crippen MR) is 47.4 cm³/mol. The van der Waals surface area contributed by atoms with Crippen molar-refractivity contribution in [1.82, 2.24) is 9.97 Å². The Hall–Kier alpha value is -1.77. The maximum Gasteiger partial charge on any atom is 0.151 e. The van der Waals surface area contributed by atoms with Gasteiger partial charge in [0.15, 0.2) is 5.82 Å². The van der Waals surface area contributed by atoms with Gasteiger partial charge in [0, 0.05) is 12.4 Å². The molecule has 0 aliphatic carbocycles. The van der Waals surface area contributed by atoms with E-state index in [2.05, 4.69) is 9.97 Å². The van der Waals surface area contributed by atoms with Crippen LogP contribution >= 0.6 is 0 Å². The smallest absolute Gasteiger partial charge is 0.151 e. The van der Waals surface area contributed by atoms with Gasteiger partial charge in [0.05, 0.1) is 5.69 Å². The van der Waals surface area contributed by atoms with E-state index in [1.807, 2.05) is 0 Å². The minimum absolute atomic E-state index is 0.295. The topological polar surface area (TPSA) is 25.8 Å². The van der Waals surface area contributed by atoms with Crippen LogP contribution in [0.2, 0.25) is 0 Å². The highest BCUT2D eigenvalue weighted by atomic mass is 19.1. The number of hydrogen-bond donors (Lipinski definition) is 0. The molecule has 0 bridgehead atoms. The molecule has 0 amide bonds. The summed E-state index contributed by atoms with van der Waals surface area (Å²) in [6.07, 6.45) is 3.16. The molecule has 2 heterocycles. The van der Waals surface area contributed by atoms with Gasteiger partial charge in [0.25, 0.3) is 0 Å². The van der Waals surface area contributed by atoms with Gasteiger partial charge in [-0.05, 0) is 24.3 Å². The van der Waals surface area contributed by atoms with Gasteiger partial charge >= 0.3 is 0 Å². The summed E-state index contributed by atoms with van der Waals surface area (Å²) < 4.78 is 13.2. The van der Waals surface area contributed by atoms with Gasteiger partial charge in [-0.2, -0.15) is 0 Å². The average molecular weight is 174 g/mol. The summed E-state index contributed by atoms with van der Waals surface area (Å²) in [5, 5.41) is 0. The Morgan fingerprint density at radius 3 is 2.46 bits per heavy atom. The molecule has 0 unspecified atom stereocenters. The second-order valence-corrected chi connectivity index (χ2v) is 2.55. The number of nitrogens with zero attached hydrogens (tertiary/aromatic N) is 2. The van der Waals surface area contributed by atoms with E-state index < -0.39 is 0 Å². The third-order valence-corrected chi connectivity index (χ3v) is 1.67. The van der Waals surface area contributed by atoms with Crippen LogP contribution in [0.1, 0.15) is 0 Å². The molecule has 0 atom stereocenters. The summed E-state index contributed by atoms with van der Waals surface area (Å²) in [6.45, 7) is 0. The van der Waals surface area contributed by atoms with E-state index in [9.17, 15) is 4.39 Å². The van der Waals surface area contributed by atoms with Crippen molar-refractivity contribution in [3.63, 3.8) is 0 Å². The first kappa shape index (κ1) is 7.86. The molecule has 0 spiro atoms. The fourth-order valence-electron chi connectivity index (χ4n) is 1.08. The molecule has 2 aromatic rings. The quantitative estimate of drug-likeness (QED) is 0.662. The Morgan fingerprint density at radius 1 is 0.923 bits per heavy atom. The van der Waals surface area contributed by atoms with Crippen molar-refractivity contribution >= 4 is 0 Å². The maximum absolute atomic E-state index is 13.2. The van der Waals surface area contributed by atoms with E-state index in [-0.39, 0.29) is 5.82 Å². The first-order valence-electron chi connectivity index (χ1n) is 3.90. The lowest BCUT2D eigenvalue weighted by Gasteiger charge is -1.99. The minimum atomic E-state index is -0.346. The first-order chi connectivity index (χ1) is 6.38. The van der Waals surface area contributed by atoms with Crippen LogP contribution in [0.3, 0.4) is 0 Å². The normalized spacial score (nSPS) is 9.92. The highest BCUT2D eigenvalue weighted by Crippen LogP contribution is 2.15. The summed E-state index contributed by atoms with van der Waals surface area (Å²) >= 11 is 0.